The van der Waals surface area contributed by atoms with Gasteiger partial charge >= 0.3 is 0 Å². The Morgan fingerprint density at radius 2 is 2.15 bits per heavy atom. The Morgan fingerprint density at radius 3 is 2.85 bits per heavy atom. The highest BCUT2D eigenvalue weighted by molar-refractivity contribution is 8.00. The maximum atomic E-state index is 5.87. The summed E-state index contributed by atoms with van der Waals surface area (Å²) in [5.41, 5.74) is 2.71. The summed E-state index contributed by atoms with van der Waals surface area (Å²) < 4.78 is 6.17. The fourth-order valence-electron chi connectivity index (χ4n) is 2.43. The Balaban J connectivity index is 2.16. The molecule has 112 valence electrons. The molecule has 0 fully saturated rings. The molecule has 3 heteroatoms. The molecular weight excluding hydrogens is 266 g/mol. The van der Waals surface area contributed by atoms with Gasteiger partial charge in [-0.15, -0.1) is 0 Å². The van der Waals surface area contributed by atoms with E-state index in [0.29, 0.717) is 10.8 Å². The van der Waals surface area contributed by atoms with Crippen molar-refractivity contribution >= 4 is 11.8 Å². The summed E-state index contributed by atoms with van der Waals surface area (Å²) in [6.45, 7) is 10.9. The number of para-hydroxylation sites is 1. The largest absolute Gasteiger partial charge is 0.493 e. The number of benzene rings is 1. The maximum Gasteiger partial charge on any atom is 0.127 e. The fraction of sp³-hybridized carbons (Fsp3) is 0.647. The van der Waals surface area contributed by atoms with Gasteiger partial charge in [0.15, 0.2) is 0 Å². The maximum absolute atomic E-state index is 5.87. The van der Waals surface area contributed by atoms with Crippen molar-refractivity contribution in [2.45, 2.75) is 51.3 Å². The number of thioether (sulfide) groups is 1. The first-order chi connectivity index (χ1) is 9.51. The molecule has 2 nitrogen and oxygen atoms in total. The second kappa shape index (κ2) is 6.86. The van der Waals surface area contributed by atoms with E-state index >= 15 is 0 Å². The van der Waals surface area contributed by atoms with Gasteiger partial charge in [0, 0.05) is 28.5 Å². The summed E-state index contributed by atoms with van der Waals surface area (Å²) in [7, 11) is 0. The standard InChI is InChI=1S/C17H27NOS/c1-5-10-18-15(12-20-17(2,3)4)14-8-6-7-13-9-11-19-16(13)14/h6-8,15,18H,5,9-12H2,1-4H3. The Morgan fingerprint density at radius 1 is 1.35 bits per heavy atom. The van der Waals surface area contributed by atoms with Crippen molar-refractivity contribution < 1.29 is 4.74 Å². The van der Waals surface area contributed by atoms with Gasteiger partial charge in [-0.05, 0) is 18.5 Å². The molecule has 1 unspecified atom stereocenters. The lowest BCUT2D eigenvalue weighted by atomic mass is 10.0. The van der Waals surface area contributed by atoms with Gasteiger partial charge in [-0.2, -0.15) is 11.8 Å². The van der Waals surface area contributed by atoms with Crippen molar-refractivity contribution in [3.8, 4) is 5.75 Å². The summed E-state index contributed by atoms with van der Waals surface area (Å²) >= 11 is 2.01. The number of hydrogen-bond donors (Lipinski definition) is 1. The van der Waals surface area contributed by atoms with E-state index in [9.17, 15) is 0 Å². The SMILES string of the molecule is CCCNC(CSC(C)(C)C)c1cccc2c1OCC2. The predicted octanol–water partition coefficient (Wildman–Crippen LogP) is 4.19. The molecule has 1 aromatic carbocycles. The molecule has 0 radical (unpaired) electrons. The number of hydrogen-bond acceptors (Lipinski definition) is 3. The van der Waals surface area contributed by atoms with Gasteiger partial charge in [0.05, 0.1) is 6.61 Å². The first-order valence-electron chi connectivity index (χ1n) is 7.63. The van der Waals surface area contributed by atoms with Gasteiger partial charge in [0.1, 0.15) is 5.75 Å². The minimum atomic E-state index is 0.297. The van der Waals surface area contributed by atoms with E-state index in [1.54, 1.807) is 0 Å². The van der Waals surface area contributed by atoms with E-state index < -0.39 is 0 Å². The molecule has 0 bridgehead atoms. The van der Waals surface area contributed by atoms with Gasteiger partial charge in [-0.3, -0.25) is 0 Å². The van der Waals surface area contributed by atoms with Crippen LogP contribution in [0.15, 0.2) is 18.2 Å². The van der Waals surface area contributed by atoms with E-state index in [2.05, 4.69) is 51.2 Å². The van der Waals surface area contributed by atoms with Crippen LogP contribution in [0.3, 0.4) is 0 Å². The monoisotopic (exact) mass is 293 g/mol. The Labute approximate surface area is 127 Å². The van der Waals surface area contributed by atoms with Crippen LogP contribution >= 0.6 is 11.8 Å². The van der Waals surface area contributed by atoms with Crippen molar-refractivity contribution in [2.24, 2.45) is 0 Å². The molecule has 0 spiro atoms. The molecule has 1 aliphatic rings. The summed E-state index contributed by atoms with van der Waals surface area (Å²) in [6.07, 6.45) is 2.21. The average Bonchev–Trinajstić information content (AvgIpc) is 2.86. The van der Waals surface area contributed by atoms with Crippen LogP contribution in [0.4, 0.5) is 0 Å². The first-order valence-corrected chi connectivity index (χ1v) is 8.62. The highest BCUT2D eigenvalue weighted by atomic mass is 32.2. The third-order valence-electron chi connectivity index (χ3n) is 3.44. The molecule has 0 saturated heterocycles. The minimum absolute atomic E-state index is 0.297. The van der Waals surface area contributed by atoms with Crippen molar-refractivity contribution in [2.75, 3.05) is 18.9 Å². The summed E-state index contributed by atoms with van der Waals surface area (Å²) in [5.74, 6) is 2.22. The zero-order valence-electron chi connectivity index (χ0n) is 13.2. The van der Waals surface area contributed by atoms with Gasteiger partial charge < -0.3 is 10.1 Å². The lowest BCUT2D eigenvalue weighted by Crippen LogP contribution is -2.26. The van der Waals surface area contributed by atoms with Crippen molar-refractivity contribution in [3.63, 3.8) is 0 Å². The van der Waals surface area contributed by atoms with E-state index in [-0.39, 0.29) is 0 Å². The van der Waals surface area contributed by atoms with Crippen LogP contribution in [0.1, 0.15) is 51.3 Å². The number of rotatable bonds is 6. The molecule has 1 atom stereocenters. The molecule has 1 heterocycles. The lowest BCUT2D eigenvalue weighted by molar-refractivity contribution is 0.349. The van der Waals surface area contributed by atoms with Gasteiger partial charge in [0.2, 0.25) is 0 Å². The van der Waals surface area contributed by atoms with Crippen LogP contribution in [0.25, 0.3) is 0 Å². The van der Waals surface area contributed by atoms with Crippen molar-refractivity contribution in [1.82, 2.24) is 5.32 Å². The van der Waals surface area contributed by atoms with Crippen molar-refractivity contribution in [3.05, 3.63) is 29.3 Å². The Kier molecular flexibility index (Phi) is 5.39. The highest BCUT2D eigenvalue weighted by Gasteiger charge is 2.23. The van der Waals surface area contributed by atoms with Gasteiger partial charge in [-0.25, -0.2) is 0 Å². The number of ether oxygens (including phenoxy) is 1. The molecule has 20 heavy (non-hydrogen) atoms. The summed E-state index contributed by atoms with van der Waals surface area (Å²) in [5, 5.41) is 3.69. The van der Waals surface area contributed by atoms with Crippen LogP contribution in [0.5, 0.6) is 5.75 Å². The molecule has 1 aliphatic heterocycles. The molecule has 0 amide bonds. The van der Waals surface area contributed by atoms with Crippen LogP contribution in [0, 0.1) is 0 Å². The number of fused-ring (bicyclic) bond motifs is 1. The molecule has 1 aromatic rings. The third kappa shape index (κ3) is 4.16. The number of nitrogens with one attached hydrogen (secondary N) is 1. The molecule has 0 aliphatic carbocycles. The lowest BCUT2D eigenvalue weighted by Gasteiger charge is -2.25. The van der Waals surface area contributed by atoms with Gasteiger partial charge in [0.25, 0.3) is 0 Å². The van der Waals surface area contributed by atoms with Gasteiger partial charge in [-0.1, -0.05) is 45.9 Å². The molecule has 1 N–H and O–H groups in total. The smallest absolute Gasteiger partial charge is 0.127 e. The molecule has 0 saturated carbocycles. The minimum Gasteiger partial charge on any atom is -0.493 e. The quantitative estimate of drug-likeness (QED) is 0.849. The third-order valence-corrected chi connectivity index (χ3v) is 4.81. The Hall–Kier alpha value is -0.670. The average molecular weight is 293 g/mol. The summed E-state index contributed by atoms with van der Waals surface area (Å²) in [6, 6.07) is 6.97. The highest BCUT2D eigenvalue weighted by Crippen LogP contribution is 2.36. The van der Waals surface area contributed by atoms with E-state index in [4.69, 9.17) is 4.74 Å². The van der Waals surface area contributed by atoms with E-state index in [0.717, 1.165) is 37.5 Å². The zero-order valence-corrected chi connectivity index (χ0v) is 14.0. The normalized spacial score (nSPS) is 15.8. The molecule has 2 rings (SSSR count). The molecular formula is C17H27NOS. The first kappa shape index (κ1) is 15.7. The fourth-order valence-corrected chi connectivity index (χ4v) is 3.39. The van der Waals surface area contributed by atoms with E-state index in [1.807, 2.05) is 11.8 Å². The van der Waals surface area contributed by atoms with E-state index in [1.165, 1.54) is 11.1 Å². The zero-order chi connectivity index (χ0) is 14.6. The van der Waals surface area contributed by atoms with Crippen LogP contribution in [0.2, 0.25) is 0 Å². The molecule has 0 aromatic heterocycles. The second-order valence-electron chi connectivity index (χ2n) is 6.36. The summed E-state index contributed by atoms with van der Waals surface area (Å²) in [4.78, 5) is 0. The van der Waals surface area contributed by atoms with Crippen LogP contribution in [-0.4, -0.2) is 23.7 Å². The van der Waals surface area contributed by atoms with Crippen LogP contribution < -0.4 is 10.1 Å². The second-order valence-corrected chi connectivity index (χ2v) is 8.21. The predicted molar refractivity (Wildman–Crippen MR) is 88.9 cm³/mol. The topological polar surface area (TPSA) is 21.3 Å². The Bertz CT molecular complexity index is 439. The van der Waals surface area contributed by atoms with Crippen molar-refractivity contribution in [1.29, 1.82) is 0 Å². The van der Waals surface area contributed by atoms with Crippen LogP contribution in [-0.2, 0) is 6.42 Å².